The second-order valence-electron chi connectivity index (χ2n) is 7.19. The standard InChI is InChI=1S/C18H27F2N3O3S/c1-12(2)9-14(17(26)21-8-7-16(24)25)23-10-13(5-6-15(23)27)18(19,20)11-22(3)4/h5-6,10,12,14H,7-9,11H2,1-4H3,(H,21,26)(H,24,25). The number of carbonyl (C=O) groups excluding carboxylic acids is 1. The highest BCUT2D eigenvalue weighted by Gasteiger charge is 2.33. The van der Waals surface area contributed by atoms with Crippen molar-refractivity contribution in [3.8, 4) is 0 Å². The van der Waals surface area contributed by atoms with Crippen LogP contribution in [0.5, 0.6) is 0 Å². The van der Waals surface area contributed by atoms with E-state index in [-0.39, 0.29) is 29.1 Å². The first kappa shape index (κ1) is 23.2. The number of nitrogens with zero attached hydrogens (tertiary/aromatic N) is 2. The lowest BCUT2D eigenvalue weighted by molar-refractivity contribution is -0.137. The summed E-state index contributed by atoms with van der Waals surface area (Å²) in [6.07, 6.45) is 1.40. The summed E-state index contributed by atoms with van der Waals surface area (Å²) >= 11 is 5.26. The van der Waals surface area contributed by atoms with Crippen LogP contribution in [-0.4, -0.2) is 53.6 Å². The molecular weight excluding hydrogens is 376 g/mol. The fraction of sp³-hybridized carbons (Fsp3) is 0.611. The van der Waals surface area contributed by atoms with Gasteiger partial charge in [-0.15, -0.1) is 0 Å². The topological polar surface area (TPSA) is 74.6 Å². The molecule has 6 nitrogen and oxygen atoms in total. The van der Waals surface area contributed by atoms with E-state index in [9.17, 15) is 18.4 Å². The molecular formula is C18H27F2N3O3S. The molecule has 1 rings (SSSR count). The number of hydrogen-bond donors (Lipinski definition) is 2. The van der Waals surface area contributed by atoms with Crippen LogP contribution >= 0.6 is 12.2 Å². The molecule has 0 aliphatic rings. The van der Waals surface area contributed by atoms with Crippen molar-refractivity contribution < 1.29 is 23.5 Å². The highest BCUT2D eigenvalue weighted by molar-refractivity contribution is 7.71. The molecule has 2 N–H and O–H groups in total. The minimum absolute atomic E-state index is 0.0352. The Morgan fingerprint density at radius 3 is 2.48 bits per heavy atom. The van der Waals surface area contributed by atoms with Gasteiger partial charge in [-0.25, -0.2) is 0 Å². The van der Waals surface area contributed by atoms with E-state index in [1.165, 1.54) is 27.8 Å². The number of aromatic nitrogens is 1. The number of alkyl halides is 2. The molecule has 0 fully saturated rings. The molecule has 152 valence electrons. The van der Waals surface area contributed by atoms with E-state index in [4.69, 9.17) is 17.3 Å². The molecule has 1 heterocycles. The Morgan fingerprint density at radius 1 is 1.33 bits per heavy atom. The first-order valence-electron chi connectivity index (χ1n) is 8.68. The van der Waals surface area contributed by atoms with Crippen LogP contribution in [0, 0.1) is 10.6 Å². The lowest BCUT2D eigenvalue weighted by Crippen LogP contribution is -2.36. The van der Waals surface area contributed by atoms with Crippen molar-refractivity contribution in [2.75, 3.05) is 27.2 Å². The molecule has 9 heteroatoms. The number of amides is 1. The van der Waals surface area contributed by atoms with Crippen molar-refractivity contribution in [2.45, 2.75) is 38.7 Å². The summed E-state index contributed by atoms with van der Waals surface area (Å²) < 4.78 is 30.6. The van der Waals surface area contributed by atoms with Crippen LogP contribution in [0.3, 0.4) is 0 Å². The summed E-state index contributed by atoms with van der Waals surface area (Å²) in [6, 6.07) is 1.88. The van der Waals surface area contributed by atoms with E-state index in [1.807, 2.05) is 13.8 Å². The molecule has 0 aliphatic heterocycles. The number of carbonyl (C=O) groups is 2. The largest absolute Gasteiger partial charge is 0.481 e. The summed E-state index contributed by atoms with van der Waals surface area (Å²) in [5.41, 5.74) is -0.225. The number of rotatable bonds is 10. The predicted molar refractivity (Wildman–Crippen MR) is 101 cm³/mol. The first-order valence-corrected chi connectivity index (χ1v) is 9.09. The number of hydrogen-bond acceptors (Lipinski definition) is 4. The number of aliphatic carboxylic acids is 1. The summed E-state index contributed by atoms with van der Waals surface area (Å²) in [5, 5.41) is 11.3. The van der Waals surface area contributed by atoms with Crippen LogP contribution in [0.1, 0.15) is 38.3 Å². The Balaban J connectivity index is 3.21. The molecule has 0 radical (unpaired) electrons. The molecule has 1 aromatic heterocycles. The Labute approximate surface area is 163 Å². The third kappa shape index (κ3) is 7.34. The van der Waals surface area contributed by atoms with E-state index in [0.29, 0.717) is 6.42 Å². The summed E-state index contributed by atoms with van der Waals surface area (Å²) in [5.74, 6) is -4.46. The second kappa shape index (κ2) is 9.89. The summed E-state index contributed by atoms with van der Waals surface area (Å²) in [4.78, 5) is 24.6. The van der Waals surface area contributed by atoms with Crippen LogP contribution in [0.15, 0.2) is 18.3 Å². The fourth-order valence-electron chi connectivity index (χ4n) is 2.66. The minimum Gasteiger partial charge on any atom is -0.481 e. The van der Waals surface area contributed by atoms with Crippen molar-refractivity contribution in [2.24, 2.45) is 5.92 Å². The third-order valence-electron chi connectivity index (χ3n) is 3.85. The summed E-state index contributed by atoms with van der Waals surface area (Å²) in [6.45, 7) is 3.31. The average molecular weight is 403 g/mol. The highest BCUT2D eigenvalue weighted by Crippen LogP contribution is 2.30. The lowest BCUT2D eigenvalue weighted by atomic mass is 10.0. The normalized spacial score (nSPS) is 13.0. The van der Waals surface area contributed by atoms with E-state index >= 15 is 0 Å². The van der Waals surface area contributed by atoms with Crippen LogP contribution in [0.4, 0.5) is 8.78 Å². The van der Waals surface area contributed by atoms with Crippen LogP contribution in [0.25, 0.3) is 0 Å². The molecule has 0 saturated heterocycles. The van der Waals surface area contributed by atoms with Crippen molar-refractivity contribution in [3.63, 3.8) is 0 Å². The Kier molecular flexibility index (Phi) is 8.49. The zero-order valence-electron chi connectivity index (χ0n) is 16.0. The van der Waals surface area contributed by atoms with Gasteiger partial charge in [0.2, 0.25) is 5.91 Å². The molecule has 1 atom stereocenters. The number of nitrogens with one attached hydrogen (secondary N) is 1. The minimum atomic E-state index is -3.10. The monoisotopic (exact) mass is 403 g/mol. The highest BCUT2D eigenvalue weighted by atomic mass is 32.1. The number of halogens is 2. The van der Waals surface area contributed by atoms with Crippen molar-refractivity contribution in [3.05, 3.63) is 28.5 Å². The van der Waals surface area contributed by atoms with Gasteiger partial charge in [-0.2, -0.15) is 8.78 Å². The van der Waals surface area contributed by atoms with Gasteiger partial charge in [0.15, 0.2) is 0 Å². The maximum Gasteiger partial charge on any atom is 0.305 e. The van der Waals surface area contributed by atoms with E-state index < -0.39 is 30.4 Å². The van der Waals surface area contributed by atoms with Crippen molar-refractivity contribution in [1.29, 1.82) is 0 Å². The Bertz CT molecular complexity index is 720. The van der Waals surface area contributed by atoms with E-state index in [1.54, 1.807) is 14.1 Å². The van der Waals surface area contributed by atoms with Crippen LogP contribution in [0.2, 0.25) is 0 Å². The van der Waals surface area contributed by atoms with Gasteiger partial charge >= 0.3 is 5.97 Å². The molecule has 1 amide bonds. The zero-order chi connectivity index (χ0) is 20.8. The zero-order valence-corrected chi connectivity index (χ0v) is 16.9. The Hall–Kier alpha value is -1.87. The van der Waals surface area contributed by atoms with E-state index in [2.05, 4.69) is 5.32 Å². The lowest BCUT2D eigenvalue weighted by Gasteiger charge is -2.25. The summed E-state index contributed by atoms with van der Waals surface area (Å²) in [7, 11) is 3.11. The molecule has 0 bridgehead atoms. The van der Waals surface area contributed by atoms with Gasteiger partial charge in [0.05, 0.1) is 13.0 Å². The molecule has 1 aromatic rings. The maximum atomic E-state index is 14.5. The van der Waals surface area contributed by atoms with Gasteiger partial charge in [-0.1, -0.05) is 26.1 Å². The SMILES string of the molecule is CC(C)CC(C(=O)NCCC(=O)O)n1cc(C(F)(F)CN(C)C)ccc1=S. The van der Waals surface area contributed by atoms with Crippen molar-refractivity contribution >= 4 is 24.1 Å². The van der Waals surface area contributed by atoms with Gasteiger partial charge in [0.1, 0.15) is 10.7 Å². The smallest absolute Gasteiger partial charge is 0.305 e. The number of pyridine rings is 1. The predicted octanol–water partition coefficient (Wildman–Crippen LogP) is 3.05. The van der Waals surface area contributed by atoms with Gasteiger partial charge in [0, 0.05) is 18.3 Å². The second-order valence-corrected chi connectivity index (χ2v) is 7.60. The average Bonchev–Trinajstić information content (AvgIpc) is 2.51. The van der Waals surface area contributed by atoms with E-state index in [0.717, 1.165) is 0 Å². The van der Waals surface area contributed by atoms with Crippen LogP contribution in [-0.2, 0) is 15.5 Å². The van der Waals surface area contributed by atoms with Gasteiger partial charge in [-0.3, -0.25) is 9.59 Å². The molecule has 27 heavy (non-hydrogen) atoms. The molecule has 0 spiro atoms. The first-order chi connectivity index (χ1) is 12.4. The van der Waals surface area contributed by atoms with Gasteiger partial charge in [-0.05, 0) is 38.6 Å². The van der Waals surface area contributed by atoms with Crippen molar-refractivity contribution in [1.82, 2.24) is 14.8 Å². The molecule has 1 unspecified atom stereocenters. The number of likely N-dealkylation sites (N-methyl/N-ethyl adjacent to an activating group) is 1. The quantitative estimate of drug-likeness (QED) is 0.588. The molecule has 0 aromatic carbocycles. The molecule has 0 saturated carbocycles. The maximum absolute atomic E-state index is 14.5. The fourth-order valence-corrected chi connectivity index (χ4v) is 2.90. The number of carboxylic acids is 1. The Morgan fingerprint density at radius 2 is 1.96 bits per heavy atom. The van der Waals surface area contributed by atoms with Gasteiger partial charge in [0.25, 0.3) is 5.92 Å². The molecule has 0 aliphatic carbocycles. The van der Waals surface area contributed by atoms with Crippen LogP contribution < -0.4 is 5.32 Å². The number of carboxylic acid groups (broad SMARTS) is 1. The van der Waals surface area contributed by atoms with Gasteiger partial charge < -0.3 is 19.9 Å². The third-order valence-corrected chi connectivity index (χ3v) is 4.19.